The van der Waals surface area contributed by atoms with Gasteiger partial charge in [-0.3, -0.25) is 4.68 Å². The van der Waals surface area contributed by atoms with E-state index in [2.05, 4.69) is 9.84 Å². The van der Waals surface area contributed by atoms with Crippen molar-refractivity contribution in [3.05, 3.63) is 17.5 Å². The molecule has 0 N–H and O–H groups in total. The third-order valence-corrected chi connectivity index (χ3v) is 1.51. The molecule has 0 unspecified atom stereocenters. The maximum Gasteiger partial charge on any atom is 0.358 e. The second kappa shape index (κ2) is 5.35. The number of carbonyl (C=O) groups is 1. The summed E-state index contributed by atoms with van der Waals surface area (Å²) in [5.74, 6) is -0.395. The normalized spacial score (nSPS) is 8.69. The van der Waals surface area contributed by atoms with Gasteiger partial charge in [0.05, 0.1) is 7.11 Å². The number of ether oxygens (including phenoxy) is 1. The van der Waals surface area contributed by atoms with Crippen LogP contribution in [0.5, 0.6) is 0 Å². The first kappa shape index (κ1) is 11.7. The molecule has 74 valence electrons. The summed E-state index contributed by atoms with van der Waals surface area (Å²) in [6.07, 6.45) is 0. The molecule has 1 heterocycles. The van der Waals surface area contributed by atoms with Gasteiger partial charge in [-0.1, -0.05) is 13.8 Å². The molecule has 1 aromatic rings. The predicted octanol–water partition coefficient (Wildman–Crippen LogP) is 1.54. The molecular formula is C9H16N2O2. The van der Waals surface area contributed by atoms with Crippen molar-refractivity contribution in [2.45, 2.75) is 20.8 Å². The highest BCUT2D eigenvalue weighted by molar-refractivity contribution is 5.87. The first-order chi connectivity index (χ1) is 6.15. The van der Waals surface area contributed by atoms with Crippen LogP contribution in [-0.4, -0.2) is 22.9 Å². The number of aryl methyl sites for hydroxylation is 2. The van der Waals surface area contributed by atoms with Gasteiger partial charge < -0.3 is 4.74 Å². The monoisotopic (exact) mass is 184 g/mol. The van der Waals surface area contributed by atoms with E-state index >= 15 is 0 Å². The maximum absolute atomic E-state index is 10.9. The highest BCUT2D eigenvalue weighted by Gasteiger charge is 2.09. The molecule has 4 heteroatoms. The zero-order valence-electron chi connectivity index (χ0n) is 8.79. The van der Waals surface area contributed by atoms with Crippen molar-refractivity contribution in [3.8, 4) is 0 Å². The van der Waals surface area contributed by atoms with Crippen molar-refractivity contribution in [2.75, 3.05) is 7.11 Å². The first-order valence-corrected chi connectivity index (χ1v) is 4.24. The number of hydrogen-bond donors (Lipinski definition) is 0. The van der Waals surface area contributed by atoms with Gasteiger partial charge in [-0.25, -0.2) is 4.79 Å². The first-order valence-electron chi connectivity index (χ1n) is 4.24. The predicted molar refractivity (Wildman–Crippen MR) is 50.6 cm³/mol. The van der Waals surface area contributed by atoms with Gasteiger partial charge in [-0.05, 0) is 13.0 Å². The zero-order valence-corrected chi connectivity index (χ0v) is 8.79. The highest BCUT2D eigenvalue weighted by atomic mass is 16.5. The number of methoxy groups -OCH3 is 1. The molecule has 13 heavy (non-hydrogen) atoms. The Bertz CT molecular complexity index is 260. The Labute approximate surface area is 78.5 Å². The number of rotatable bonds is 1. The van der Waals surface area contributed by atoms with Crippen molar-refractivity contribution >= 4 is 5.97 Å². The average molecular weight is 184 g/mol. The second-order valence-electron chi connectivity index (χ2n) is 2.29. The van der Waals surface area contributed by atoms with Crippen LogP contribution < -0.4 is 0 Å². The largest absolute Gasteiger partial charge is 0.464 e. The van der Waals surface area contributed by atoms with E-state index in [9.17, 15) is 4.79 Å². The van der Waals surface area contributed by atoms with E-state index in [-0.39, 0.29) is 0 Å². The lowest BCUT2D eigenvalue weighted by Gasteiger charge is -1.91. The summed E-state index contributed by atoms with van der Waals surface area (Å²) in [6, 6.07) is 1.69. The fourth-order valence-corrected chi connectivity index (χ4v) is 0.765. The third-order valence-electron chi connectivity index (χ3n) is 1.51. The number of nitrogens with zero attached hydrogens (tertiary/aromatic N) is 2. The summed E-state index contributed by atoms with van der Waals surface area (Å²) in [7, 11) is 3.12. The van der Waals surface area contributed by atoms with E-state index in [0.717, 1.165) is 5.69 Å². The van der Waals surface area contributed by atoms with Crippen molar-refractivity contribution in [1.29, 1.82) is 0 Å². The van der Waals surface area contributed by atoms with Crippen LogP contribution in [0.4, 0.5) is 0 Å². The standard InChI is InChI=1S/C7H10N2O2.C2H6/c1-5-4-6(7(10)11-3)8-9(5)2;1-2/h4H,1-3H3;1-2H3. The molecule has 0 aliphatic carbocycles. The molecule has 0 saturated carbocycles. The van der Waals surface area contributed by atoms with Gasteiger partial charge in [-0.2, -0.15) is 5.10 Å². The fourth-order valence-electron chi connectivity index (χ4n) is 0.765. The summed E-state index contributed by atoms with van der Waals surface area (Å²) < 4.78 is 6.12. The lowest BCUT2D eigenvalue weighted by Crippen LogP contribution is -2.02. The molecule has 0 bridgehead atoms. The third kappa shape index (κ3) is 2.89. The van der Waals surface area contributed by atoms with Gasteiger partial charge in [0.25, 0.3) is 0 Å². The Balaban J connectivity index is 0.000000671. The van der Waals surface area contributed by atoms with Gasteiger partial charge in [-0.15, -0.1) is 0 Å². The molecule has 0 spiro atoms. The summed E-state index contributed by atoms with van der Waals surface area (Å²) in [6.45, 7) is 5.87. The number of aromatic nitrogens is 2. The summed E-state index contributed by atoms with van der Waals surface area (Å²) in [4.78, 5) is 10.9. The summed E-state index contributed by atoms with van der Waals surface area (Å²) in [5.41, 5.74) is 1.29. The van der Waals surface area contributed by atoms with E-state index in [4.69, 9.17) is 0 Å². The molecule has 0 aromatic carbocycles. The smallest absolute Gasteiger partial charge is 0.358 e. The number of hydrogen-bond acceptors (Lipinski definition) is 3. The van der Waals surface area contributed by atoms with E-state index in [1.54, 1.807) is 17.8 Å². The van der Waals surface area contributed by atoms with Gasteiger partial charge in [0.15, 0.2) is 5.69 Å². The Morgan fingerprint density at radius 3 is 2.38 bits per heavy atom. The molecule has 0 radical (unpaired) electrons. The lowest BCUT2D eigenvalue weighted by molar-refractivity contribution is 0.0593. The minimum Gasteiger partial charge on any atom is -0.464 e. The van der Waals surface area contributed by atoms with Gasteiger partial charge >= 0.3 is 5.97 Å². The van der Waals surface area contributed by atoms with Crippen LogP contribution in [0, 0.1) is 6.92 Å². The van der Waals surface area contributed by atoms with Crippen LogP contribution >= 0.6 is 0 Å². The summed E-state index contributed by atoms with van der Waals surface area (Å²) in [5, 5.41) is 3.92. The molecule has 0 fully saturated rings. The van der Waals surface area contributed by atoms with Crippen LogP contribution in [-0.2, 0) is 11.8 Å². The molecular weight excluding hydrogens is 168 g/mol. The van der Waals surface area contributed by atoms with Gasteiger partial charge in [0, 0.05) is 12.7 Å². The Morgan fingerprint density at radius 1 is 1.54 bits per heavy atom. The molecule has 0 atom stereocenters. The minimum atomic E-state index is -0.395. The molecule has 0 amide bonds. The van der Waals surface area contributed by atoms with E-state index < -0.39 is 5.97 Å². The van der Waals surface area contributed by atoms with Crippen molar-refractivity contribution in [3.63, 3.8) is 0 Å². The van der Waals surface area contributed by atoms with Crippen molar-refractivity contribution in [1.82, 2.24) is 9.78 Å². The van der Waals surface area contributed by atoms with Crippen LogP contribution in [0.3, 0.4) is 0 Å². The van der Waals surface area contributed by atoms with Crippen molar-refractivity contribution < 1.29 is 9.53 Å². The van der Waals surface area contributed by atoms with E-state index in [1.807, 2.05) is 20.8 Å². The quantitative estimate of drug-likeness (QED) is 0.622. The molecule has 1 rings (SSSR count). The lowest BCUT2D eigenvalue weighted by atomic mass is 10.4. The van der Waals surface area contributed by atoms with Crippen LogP contribution in [0.25, 0.3) is 0 Å². The topological polar surface area (TPSA) is 44.1 Å². The van der Waals surface area contributed by atoms with Gasteiger partial charge in [0.2, 0.25) is 0 Å². The highest BCUT2D eigenvalue weighted by Crippen LogP contribution is 2.01. The van der Waals surface area contributed by atoms with Crippen LogP contribution in [0.15, 0.2) is 6.07 Å². The zero-order chi connectivity index (χ0) is 10.4. The SMILES string of the molecule is CC.COC(=O)c1cc(C)n(C)n1. The van der Waals surface area contributed by atoms with E-state index in [1.165, 1.54) is 7.11 Å². The Hall–Kier alpha value is -1.32. The molecule has 0 aliphatic heterocycles. The van der Waals surface area contributed by atoms with Crippen LogP contribution in [0.2, 0.25) is 0 Å². The number of carbonyl (C=O) groups excluding carboxylic acids is 1. The Kier molecular flexibility index (Phi) is 4.80. The average Bonchev–Trinajstić information content (AvgIpc) is 2.49. The minimum absolute atomic E-state index is 0.354. The maximum atomic E-state index is 10.9. The Morgan fingerprint density at radius 2 is 2.08 bits per heavy atom. The van der Waals surface area contributed by atoms with E-state index in [0.29, 0.717) is 5.69 Å². The second-order valence-corrected chi connectivity index (χ2v) is 2.29. The molecule has 0 saturated heterocycles. The summed E-state index contributed by atoms with van der Waals surface area (Å²) >= 11 is 0. The van der Waals surface area contributed by atoms with Gasteiger partial charge in [0.1, 0.15) is 0 Å². The molecule has 4 nitrogen and oxygen atoms in total. The number of esters is 1. The molecule has 1 aromatic heterocycles. The fraction of sp³-hybridized carbons (Fsp3) is 0.556. The molecule has 0 aliphatic rings. The van der Waals surface area contributed by atoms with Crippen molar-refractivity contribution in [2.24, 2.45) is 7.05 Å². The van der Waals surface area contributed by atoms with Crippen LogP contribution in [0.1, 0.15) is 30.0 Å².